The van der Waals surface area contributed by atoms with Gasteiger partial charge in [0.05, 0.1) is 0 Å². The molecular weight excluding hydrogens is 314 g/mol. The highest BCUT2D eigenvalue weighted by Gasteiger charge is 2.29. The zero-order chi connectivity index (χ0) is 18.0. The number of hydrogen-bond acceptors (Lipinski definition) is 4. The Morgan fingerprint density at radius 1 is 1.20 bits per heavy atom. The number of benzene rings is 1. The van der Waals surface area contributed by atoms with Crippen molar-refractivity contribution in [3.8, 4) is 0 Å². The molecule has 0 aliphatic carbocycles. The van der Waals surface area contributed by atoms with Crippen molar-refractivity contribution in [1.82, 2.24) is 4.90 Å². The van der Waals surface area contributed by atoms with Gasteiger partial charge < -0.3 is 19.9 Å². The van der Waals surface area contributed by atoms with Gasteiger partial charge in [-0.1, -0.05) is 0 Å². The minimum Gasteiger partial charge on any atom is -0.444 e. The topological polar surface area (TPSA) is 44.8 Å². The van der Waals surface area contributed by atoms with Crippen LogP contribution in [0.5, 0.6) is 0 Å². The molecule has 0 aromatic heterocycles. The summed E-state index contributed by atoms with van der Waals surface area (Å²) in [6.07, 6.45) is 3.33. The van der Waals surface area contributed by atoms with E-state index >= 15 is 0 Å². The normalized spacial score (nSPS) is 20.9. The second kappa shape index (κ2) is 7.14. The highest BCUT2D eigenvalue weighted by atomic mass is 16.6. The number of nitrogens with one attached hydrogen (secondary N) is 1. The molecule has 1 aromatic rings. The van der Waals surface area contributed by atoms with Crippen LogP contribution in [0.3, 0.4) is 0 Å². The van der Waals surface area contributed by atoms with Crippen LogP contribution in [0.25, 0.3) is 0 Å². The number of likely N-dealkylation sites (tertiary alicyclic amines) is 1. The maximum Gasteiger partial charge on any atom is 0.410 e. The summed E-state index contributed by atoms with van der Waals surface area (Å²) < 4.78 is 5.47. The van der Waals surface area contributed by atoms with Gasteiger partial charge in [0.1, 0.15) is 5.60 Å². The van der Waals surface area contributed by atoms with Gasteiger partial charge in [-0.3, -0.25) is 0 Å². The fraction of sp³-hybridized carbons (Fsp3) is 0.650. The molecule has 138 valence electrons. The Hall–Kier alpha value is -1.91. The number of carbonyl (C=O) groups excluding carboxylic acids is 1. The van der Waals surface area contributed by atoms with E-state index in [4.69, 9.17) is 4.74 Å². The SMILES string of the molecule is Cc1cc(N2CCCC2)ccc1NC1CCN(C(=O)OC(C)(C)C)C1. The number of aryl methyl sites for hydroxylation is 1. The average Bonchev–Trinajstić information content (AvgIpc) is 3.19. The molecule has 0 radical (unpaired) electrons. The lowest BCUT2D eigenvalue weighted by molar-refractivity contribution is 0.0293. The van der Waals surface area contributed by atoms with Gasteiger partial charge in [-0.15, -0.1) is 0 Å². The molecule has 25 heavy (non-hydrogen) atoms. The van der Waals surface area contributed by atoms with Crippen LogP contribution in [0.2, 0.25) is 0 Å². The van der Waals surface area contributed by atoms with E-state index < -0.39 is 5.60 Å². The van der Waals surface area contributed by atoms with E-state index in [0.29, 0.717) is 6.54 Å². The van der Waals surface area contributed by atoms with E-state index in [-0.39, 0.29) is 12.1 Å². The van der Waals surface area contributed by atoms with Crippen molar-refractivity contribution in [1.29, 1.82) is 0 Å². The molecule has 5 heteroatoms. The van der Waals surface area contributed by atoms with E-state index in [9.17, 15) is 4.79 Å². The second-order valence-corrected chi connectivity index (χ2v) is 8.25. The zero-order valence-corrected chi connectivity index (χ0v) is 16.0. The van der Waals surface area contributed by atoms with Gasteiger partial charge in [-0.05, 0) is 70.7 Å². The number of anilines is 2. The molecule has 5 nitrogen and oxygen atoms in total. The van der Waals surface area contributed by atoms with Gasteiger partial charge in [0.2, 0.25) is 0 Å². The lowest BCUT2D eigenvalue weighted by Crippen LogP contribution is -2.36. The Morgan fingerprint density at radius 3 is 2.56 bits per heavy atom. The number of nitrogens with zero attached hydrogens (tertiary/aromatic N) is 2. The lowest BCUT2D eigenvalue weighted by Gasteiger charge is -2.25. The molecular formula is C20H31N3O2. The molecule has 1 aromatic carbocycles. The quantitative estimate of drug-likeness (QED) is 0.899. The number of hydrogen-bond donors (Lipinski definition) is 1. The van der Waals surface area contributed by atoms with E-state index in [1.165, 1.54) is 42.9 Å². The minimum atomic E-state index is -0.440. The maximum absolute atomic E-state index is 12.2. The van der Waals surface area contributed by atoms with Gasteiger partial charge in [0.15, 0.2) is 0 Å². The molecule has 3 rings (SSSR count). The summed E-state index contributed by atoms with van der Waals surface area (Å²) in [6, 6.07) is 6.94. The predicted molar refractivity (Wildman–Crippen MR) is 102 cm³/mol. The van der Waals surface area contributed by atoms with Crippen molar-refractivity contribution < 1.29 is 9.53 Å². The van der Waals surface area contributed by atoms with E-state index in [1.54, 1.807) is 4.90 Å². The lowest BCUT2D eigenvalue weighted by atomic mass is 10.1. The molecule has 0 saturated carbocycles. The van der Waals surface area contributed by atoms with Crippen LogP contribution >= 0.6 is 0 Å². The number of amides is 1. The summed E-state index contributed by atoms with van der Waals surface area (Å²) in [6.45, 7) is 11.6. The zero-order valence-electron chi connectivity index (χ0n) is 16.0. The van der Waals surface area contributed by atoms with Crippen LogP contribution in [0, 0.1) is 6.92 Å². The first kappa shape index (κ1) is 17.9. The van der Waals surface area contributed by atoms with E-state index in [1.807, 2.05) is 20.8 Å². The summed E-state index contributed by atoms with van der Waals surface area (Å²) in [5.74, 6) is 0. The van der Waals surface area contributed by atoms with Crippen molar-refractivity contribution in [3.63, 3.8) is 0 Å². The Labute approximate surface area is 151 Å². The molecule has 1 amide bonds. The van der Waals surface area contributed by atoms with Gasteiger partial charge in [0, 0.05) is 43.6 Å². The first-order valence-electron chi connectivity index (χ1n) is 9.42. The fourth-order valence-corrected chi connectivity index (χ4v) is 3.57. The van der Waals surface area contributed by atoms with Gasteiger partial charge in [0.25, 0.3) is 0 Å². The van der Waals surface area contributed by atoms with Gasteiger partial charge >= 0.3 is 6.09 Å². The van der Waals surface area contributed by atoms with Crippen LogP contribution < -0.4 is 10.2 Å². The minimum absolute atomic E-state index is 0.210. The standard InChI is InChI=1S/C20H31N3O2/c1-15-13-17(22-10-5-6-11-22)7-8-18(15)21-16-9-12-23(14-16)19(24)25-20(2,3)4/h7-8,13,16,21H,5-6,9-12,14H2,1-4H3. The summed E-state index contributed by atoms with van der Waals surface area (Å²) in [7, 11) is 0. The molecule has 2 fully saturated rings. The molecule has 2 saturated heterocycles. The number of carbonyl (C=O) groups is 1. The van der Waals surface area contributed by atoms with Crippen LogP contribution in [0.4, 0.5) is 16.2 Å². The molecule has 2 aliphatic heterocycles. The molecule has 2 heterocycles. The summed E-state index contributed by atoms with van der Waals surface area (Å²) in [4.78, 5) is 16.4. The van der Waals surface area contributed by atoms with Crippen LogP contribution in [-0.4, -0.2) is 48.8 Å². The van der Waals surface area contributed by atoms with Crippen molar-refractivity contribution in [3.05, 3.63) is 23.8 Å². The first-order valence-corrected chi connectivity index (χ1v) is 9.42. The molecule has 1 atom stereocenters. The van der Waals surface area contributed by atoms with Crippen LogP contribution in [0.15, 0.2) is 18.2 Å². The first-order chi connectivity index (χ1) is 11.8. The molecule has 1 N–H and O–H groups in total. The fourth-order valence-electron chi connectivity index (χ4n) is 3.57. The maximum atomic E-state index is 12.2. The molecule has 2 aliphatic rings. The third-order valence-electron chi connectivity index (χ3n) is 4.88. The molecule has 0 bridgehead atoms. The van der Waals surface area contributed by atoms with Crippen molar-refractivity contribution in [2.75, 3.05) is 36.4 Å². The predicted octanol–water partition coefficient (Wildman–Crippen LogP) is 4.02. The van der Waals surface area contributed by atoms with Crippen molar-refractivity contribution >= 4 is 17.5 Å². The Balaban J connectivity index is 1.57. The van der Waals surface area contributed by atoms with Gasteiger partial charge in [-0.25, -0.2) is 4.79 Å². The summed E-state index contributed by atoms with van der Waals surface area (Å²) in [5, 5.41) is 3.61. The third kappa shape index (κ3) is 4.59. The molecule has 0 spiro atoms. The van der Waals surface area contributed by atoms with Gasteiger partial charge in [-0.2, -0.15) is 0 Å². The van der Waals surface area contributed by atoms with Crippen LogP contribution in [0.1, 0.15) is 45.6 Å². The highest BCUT2D eigenvalue weighted by Crippen LogP contribution is 2.27. The van der Waals surface area contributed by atoms with Crippen LogP contribution in [-0.2, 0) is 4.74 Å². The Bertz CT molecular complexity index is 618. The number of rotatable bonds is 3. The summed E-state index contributed by atoms with van der Waals surface area (Å²) >= 11 is 0. The van der Waals surface area contributed by atoms with E-state index in [0.717, 1.165) is 13.0 Å². The third-order valence-corrected chi connectivity index (χ3v) is 4.88. The Kier molecular flexibility index (Phi) is 5.11. The summed E-state index contributed by atoms with van der Waals surface area (Å²) in [5.41, 5.74) is 3.31. The molecule has 1 unspecified atom stereocenters. The van der Waals surface area contributed by atoms with Crippen molar-refractivity contribution in [2.45, 2.75) is 58.6 Å². The monoisotopic (exact) mass is 345 g/mol. The highest BCUT2D eigenvalue weighted by molar-refractivity contribution is 5.69. The average molecular weight is 345 g/mol. The number of ether oxygens (including phenoxy) is 1. The largest absolute Gasteiger partial charge is 0.444 e. The smallest absolute Gasteiger partial charge is 0.410 e. The van der Waals surface area contributed by atoms with E-state index in [2.05, 4.69) is 35.3 Å². The second-order valence-electron chi connectivity index (χ2n) is 8.25. The van der Waals surface area contributed by atoms with Crippen molar-refractivity contribution in [2.24, 2.45) is 0 Å². The Morgan fingerprint density at radius 2 is 1.92 bits per heavy atom.